The second-order valence-corrected chi connectivity index (χ2v) is 12.0. The first-order chi connectivity index (χ1) is 38.3. The second kappa shape index (κ2) is 10.4. The molecule has 0 heterocycles. The van der Waals surface area contributed by atoms with Gasteiger partial charge in [-0.25, -0.2) is 0 Å². The van der Waals surface area contributed by atoms with Crippen molar-refractivity contribution in [3.05, 3.63) is 181 Å². The maximum atomic E-state index is 10.4. The summed E-state index contributed by atoms with van der Waals surface area (Å²) in [6, 6.07) is -27.5. The molecule has 0 heteroatoms. The van der Waals surface area contributed by atoms with Crippen molar-refractivity contribution in [3.8, 4) is 33.4 Å². The fourth-order valence-corrected chi connectivity index (χ4v) is 7.00. The average Bonchev–Trinajstić information content (AvgIpc) is 0.791. The fourth-order valence-electron chi connectivity index (χ4n) is 7.00. The Morgan fingerprint density at radius 2 is 0.654 bits per heavy atom. The summed E-state index contributed by atoms with van der Waals surface area (Å²) >= 11 is 0. The van der Waals surface area contributed by atoms with Crippen molar-refractivity contribution in [1.29, 1.82) is 0 Å². The van der Waals surface area contributed by atoms with Crippen molar-refractivity contribution in [2.24, 2.45) is 0 Å². The van der Waals surface area contributed by atoms with E-state index in [1.807, 2.05) is 0 Å². The van der Waals surface area contributed by atoms with Gasteiger partial charge in [-0.1, -0.05) is 157 Å². The predicted octanol–water partition coefficient (Wildman–Crippen LogP) is 14.8. The van der Waals surface area contributed by atoms with Gasteiger partial charge in [0, 0.05) is 0 Å². The molecule has 0 aromatic heterocycles. The van der Waals surface area contributed by atoms with Crippen LogP contribution >= 0.6 is 0 Å². The Kier molecular flexibility index (Phi) is 2.38. The molecule has 0 radical (unpaired) electrons. The monoisotopic (exact) mass is 684 g/mol. The molecule has 0 nitrogen and oxygen atoms in total. The van der Waals surface area contributed by atoms with Crippen LogP contribution in [-0.4, -0.2) is 0 Å². The second-order valence-electron chi connectivity index (χ2n) is 12.0. The van der Waals surface area contributed by atoms with Gasteiger partial charge in [0.05, 0.1) is 41.1 Å². The van der Waals surface area contributed by atoms with Crippen LogP contribution in [-0.2, 0) is 0 Å². The molecular formula is C52H30. The van der Waals surface area contributed by atoms with Crippen LogP contribution in [0.5, 0.6) is 0 Å². The summed E-state index contributed by atoms with van der Waals surface area (Å²) in [4.78, 5) is 0. The summed E-state index contributed by atoms with van der Waals surface area (Å²) in [5.41, 5.74) is -5.26. The van der Waals surface area contributed by atoms with Crippen molar-refractivity contribution >= 4 is 86.2 Å². The molecule has 0 N–H and O–H groups in total. The number of rotatable bonds is 3. The zero-order chi connectivity index (χ0) is 60.0. The molecule has 0 saturated heterocycles. The van der Waals surface area contributed by atoms with Gasteiger partial charge in [0.1, 0.15) is 0 Å². The third kappa shape index (κ3) is 3.87. The van der Waals surface area contributed by atoms with Crippen LogP contribution < -0.4 is 0 Å². The van der Waals surface area contributed by atoms with E-state index < -0.39 is 290 Å². The van der Waals surface area contributed by atoms with Gasteiger partial charge in [0.15, 0.2) is 0 Å². The third-order valence-corrected chi connectivity index (χ3v) is 9.25. The topological polar surface area (TPSA) is 0 Å². The Morgan fingerprint density at radius 3 is 1.23 bits per heavy atom. The average molecular weight is 685 g/mol. The Hall–Kier alpha value is -6.76. The van der Waals surface area contributed by atoms with Crippen LogP contribution in [0.3, 0.4) is 0 Å². The molecule has 0 amide bonds. The van der Waals surface area contributed by atoms with Gasteiger partial charge in [-0.15, -0.1) is 0 Å². The number of fused-ring (bicyclic) bond motifs is 2. The highest BCUT2D eigenvalue weighted by atomic mass is 14.2. The first kappa shape index (κ1) is 11.9. The number of benzene rings is 12. The largest absolute Gasteiger partial charge is 0.0636 e. The summed E-state index contributed by atoms with van der Waals surface area (Å²) in [5, 5.41) is -8.93. The van der Waals surface area contributed by atoms with Gasteiger partial charge in [-0.3, -0.25) is 0 Å². The normalized spacial score (nSPS) is 20.3. The van der Waals surface area contributed by atoms with Crippen molar-refractivity contribution < 1.29 is 41.1 Å². The van der Waals surface area contributed by atoms with Crippen molar-refractivity contribution in [3.63, 3.8) is 0 Å². The maximum absolute atomic E-state index is 10.4. The third-order valence-electron chi connectivity index (χ3n) is 9.25. The molecular weight excluding hydrogens is 625 g/mol. The molecule has 0 aliphatic heterocycles. The summed E-state index contributed by atoms with van der Waals surface area (Å²) in [5.74, 6) is 0. The molecule has 0 aliphatic carbocycles. The van der Waals surface area contributed by atoms with Crippen molar-refractivity contribution in [2.75, 3.05) is 0 Å². The fraction of sp³-hybridized carbons (Fsp3) is 0. The Balaban J connectivity index is 1.42. The van der Waals surface area contributed by atoms with E-state index in [-0.39, 0.29) is 10.8 Å². The summed E-state index contributed by atoms with van der Waals surface area (Å²) < 4.78 is 278. The molecule has 0 atom stereocenters. The van der Waals surface area contributed by atoms with Gasteiger partial charge < -0.3 is 0 Å². The minimum atomic E-state index is -1.15. The van der Waals surface area contributed by atoms with Crippen LogP contribution in [0.4, 0.5) is 0 Å². The van der Waals surface area contributed by atoms with Crippen LogP contribution in [0.25, 0.3) is 120 Å². The first-order valence-corrected chi connectivity index (χ1v) is 15.8. The minimum absolute atomic E-state index is 0.355. The van der Waals surface area contributed by atoms with E-state index in [1.54, 1.807) is 0 Å². The van der Waals surface area contributed by atoms with E-state index >= 15 is 0 Å². The van der Waals surface area contributed by atoms with E-state index in [2.05, 4.69) is 0 Å². The van der Waals surface area contributed by atoms with Gasteiger partial charge in [0.2, 0.25) is 0 Å². The van der Waals surface area contributed by atoms with Gasteiger partial charge in [-0.2, -0.15) is 0 Å². The molecule has 0 fully saturated rings. The van der Waals surface area contributed by atoms with Crippen molar-refractivity contribution in [1.82, 2.24) is 0 Å². The minimum Gasteiger partial charge on any atom is -0.0616 e. The van der Waals surface area contributed by atoms with E-state index in [1.165, 1.54) is 0 Å². The predicted molar refractivity (Wildman–Crippen MR) is 225 cm³/mol. The molecule has 12 aromatic carbocycles. The van der Waals surface area contributed by atoms with Crippen LogP contribution in [0.2, 0.25) is 0 Å². The molecule has 0 spiro atoms. The highest BCUT2D eigenvalue weighted by molar-refractivity contribution is 6.27. The highest BCUT2D eigenvalue weighted by Gasteiger charge is 2.19. The molecule has 12 aromatic rings. The zero-order valence-electron chi connectivity index (χ0n) is 56.0. The Labute approximate surface area is 342 Å². The number of hydrogen-bond donors (Lipinski definition) is 0. The molecule has 12 rings (SSSR count). The summed E-state index contributed by atoms with van der Waals surface area (Å²) in [6.45, 7) is 0. The smallest absolute Gasteiger partial charge is 0.0616 e. The van der Waals surface area contributed by atoms with Crippen LogP contribution in [0.1, 0.15) is 41.1 Å². The van der Waals surface area contributed by atoms with Crippen molar-refractivity contribution in [2.45, 2.75) is 0 Å². The first-order valence-electron chi connectivity index (χ1n) is 30.8. The molecule has 0 saturated carbocycles. The molecule has 0 aliphatic rings. The van der Waals surface area contributed by atoms with Gasteiger partial charge >= 0.3 is 0 Å². The standard InChI is InChI=1S/C52H30/c1-2-8-38-29-48(43-24-20-36-18-16-32-11-6-13-34-22-26-45(43)52(36)50(32)34)46(28-37(38)7-1)40-27-39-9-3-4-14-41(39)47(30-40)42-23-19-35-17-15-31-10-5-12-33-21-25-44(42)51(35)49(31)33/h1-30H/i1D,2D,3D,4D,5D,6D,7D,8D,9D,10D,11D,12D,13D,14D,15D,16D,17D,18D,19D,20D,21D,22D,23D,24D,25D,26D,27D,28D,29D,30D. The lowest BCUT2D eigenvalue weighted by atomic mass is 9.84. The Bertz CT molecular complexity index is 5090. The summed E-state index contributed by atoms with van der Waals surface area (Å²) in [7, 11) is 0. The Morgan fingerprint density at radius 1 is 0.231 bits per heavy atom. The van der Waals surface area contributed by atoms with Crippen LogP contribution in [0, 0.1) is 0 Å². The lowest BCUT2D eigenvalue weighted by Crippen LogP contribution is -1.92. The van der Waals surface area contributed by atoms with E-state index in [0.29, 0.717) is 0 Å². The lowest BCUT2D eigenvalue weighted by molar-refractivity contribution is 1.64. The van der Waals surface area contributed by atoms with Gasteiger partial charge in [0.25, 0.3) is 0 Å². The summed E-state index contributed by atoms with van der Waals surface area (Å²) in [6.07, 6.45) is 0. The molecule has 238 valence electrons. The number of hydrogen-bond acceptors (Lipinski definition) is 0. The zero-order valence-corrected chi connectivity index (χ0v) is 26.0. The maximum Gasteiger partial charge on any atom is 0.0636 e. The van der Waals surface area contributed by atoms with Crippen LogP contribution in [0.15, 0.2) is 181 Å². The van der Waals surface area contributed by atoms with E-state index in [0.717, 1.165) is 0 Å². The van der Waals surface area contributed by atoms with Gasteiger partial charge in [-0.05, 0) is 144 Å². The molecule has 52 heavy (non-hydrogen) atoms. The molecule has 0 bridgehead atoms. The quantitative estimate of drug-likeness (QED) is 0.163. The van der Waals surface area contributed by atoms with E-state index in [4.69, 9.17) is 21.9 Å². The lowest BCUT2D eigenvalue weighted by Gasteiger charge is -2.19. The van der Waals surface area contributed by atoms with E-state index in [9.17, 15) is 19.2 Å². The SMILES string of the molecule is [2H]c1c([2H])c([2H])c2c([2H])c(-c3c([2H])c([2H])c4c([2H])c([2H])c5c([2H])c([2H])c([2H])c6c([2H])c([2H])c3c4c56)c(-c3c([2H])c(-c4c([2H])c([2H])c5c([2H])c([2H])c6c([2H])c([2H])c([2H])c7c([2H])c([2H])c4c5c67)c4c([2H])c([2H])c([2H])c([2H])c4c3[2H])c([2H])c2c1[2H]. The highest BCUT2D eigenvalue weighted by Crippen LogP contribution is 2.46. The molecule has 0 unspecified atom stereocenters.